The average molecular weight is 372 g/mol. The minimum Gasteiger partial charge on any atom is -0.497 e. The minimum atomic E-state index is -4.06. The van der Waals surface area contributed by atoms with Gasteiger partial charge >= 0.3 is 6.18 Å². The second-order valence-electron chi connectivity index (χ2n) is 7.36. The SMILES string of the molecule is COc1ccc(CCN(CCCC(F)(F)F)CC2CCN(C)CC2)cc1. The number of rotatable bonds is 9. The molecule has 0 spiro atoms. The Morgan fingerprint density at radius 3 is 2.35 bits per heavy atom. The van der Waals surface area contributed by atoms with Crippen LogP contribution in [0.4, 0.5) is 13.2 Å². The summed E-state index contributed by atoms with van der Waals surface area (Å²) in [5.74, 6) is 1.41. The van der Waals surface area contributed by atoms with E-state index in [-0.39, 0.29) is 6.42 Å². The average Bonchev–Trinajstić information content (AvgIpc) is 2.61. The van der Waals surface area contributed by atoms with Crippen LogP contribution in [0.2, 0.25) is 0 Å². The van der Waals surface area contributed by atoms with Crippen LogP contribution in [0.3, 0.4) is 0 Å². The van der Waals surface area contributed by atoms with Gasteiger partial charge in [0.1, 0.15) is 5.75 Å². The lowest BCUT2D eigenvalue weighted by atomic mass is 9.96. The number of piperidine rings is 1. The van der Waals surface area contributed by atoms with Crippen molar-refractivity contribution in [3.05, 3.63) is 29.8 Å². The van der Waals surface area contributed by atoms with E-state index in [1.54, 1.807) is 7.11 Å². The molecule has 1 fully saturated rings. The molecule has 0 N–H and O–H groups in total. The van der Waals surface area contributed by atoms with Crippen LogP contribution in [-0.2, 0) is 6.42 Å². The van der Waals surface area contributed by atoms with E-state index in [2.05, 4.69) is 16.8 Å². The van der Waals surface area contributed by atoms with Crippen molar-refractivity contribution < 1.29 is 17.9 Å². The van der Waals surface area contributed by atoms with Gasteiger partial charge in [-0.1, -0.05) is 12.1 Å². The molecule has 148 valence electrons. The number of likely N-dealkylation sites (tertiary alicyclic amines) is 1. The summed E-state index contributed by atoms with van der Waals surface area (Å²) in [6, 6.07) is 7.92. The predicted octanol–water partition coefficient (Wildman–Crippen LogP) is 4.22. The largest absolute Gasteiger partial charge is 0.497 e. The monoisotopic (exact) mass is 372 g/mol. The third-order valence-electron chi connectivity index (χ3n) is 5.16. The number of halogens is 3. The topological polar surface area (TPSA) is 15.7 Å². The summed E-state index contributed by atoms with van der Waals surface area (Å²) in [4.78, 5) is 4.55. The maximum Gasteiger partial charge on any atom is 0.389 e. The summed E-state index contributed by atoms with van der Waals surface area (Å²) in [7, 11) is 3.76. The fourth-order valence-corrected chi connectivity index (χ4v) is 3.49. The number of methoxy groups -OCH3 is 1. The second kappa shape index (κ2) is 10.2. The smallest absolute Gasteiger partial charge is 0.389 e. The molecule has 1 aromatic carbocycles. The van der Waals surface area contributed by atoms with Crippen LogP contribution in [0.15, 0.2) is 24.3 Å². The van der Waals surface area contributed by atoms with Crippen LogP contribution in [0.25, 0.3) is 0 Å². The predicted molar refractivity (Wildman–Crippen MR) is 98.6 cm³/mol. The third kappa shape index (κ3) is 7.96. The lowest BCUT2D eigenvalue weighted by Gasteiger charge is -2.33. The first-order chi connectivity index (χ1) is 12.4. The van der Waals surface area contributed by atoms with Crippen LogP contribution in [0.5, 0.6) is 5.75 Å². The van der Waals surface area contributed by atoms with Gasteiger partial charge in [0, 0.05) is 19.5 Å². The van der Waals surface area contributed by atoms with Crippen LogP contribution >= 0.6 is 0 Å². The van der Waals surface area contributed by atoms with Gasteiger partial charge in [0.2, 0.25) is 0 Å². The molecule has 0 amide bonds. The van der Waals surface area contributed by atoms with E-state index in [1.807, 2.05) is 24.3 Å². The molecule has 1 aromatic rings. The van der Waals surface area contributed by atoms with Crippen molar-refractivity contribution >= 4 is 0 Å². The molecule has 1 heterocycles. The van der Waals surface area contributed by atoms with Crippen LogP contribution in [-0.4, -0.2) is 62.9 Å². The van der Waals surface area contributed by atoms with Crippen LogP contribution in [0, 0.1) is 5.92 Å². The number of ether oxygens (including phenoxy) is 1. The molecule has 0 atom stereocenters. The molecule has 0 saturated carbocycles. The fraction of sp³-hybridized carbons (Fsp3) is 0.700. The molecule has 0 radical (unpaired) electrons. The van der Waals surface area contributed by atoms with E-state index in [4.69, 9.17) is 4.74 Å². The first kappa shape index (κ1) is 21.0. The molecule has 1 aliphatic rings. The van der Waals surface area contributed by atoms with Crippen molar-refractivity contribution in [3.8, 4) is 5.75 Å². The summed E-state index contributed by atoms with van der Waals surface area (Å²) in [5, 5.41) is 0. The molecular formula is C20H31F3N2O. The zero-order chi connectivity index (χ0) is 19.0. The highest BCUT2D eigenvalue weighted by atomic mass is 19.4. The van der Waals surface area contributed by atoms with Gasteiger partial charge in [-0.15, -0.1) is 0 Å². The summed E-state index contributed by atoms with van der Waals surface area (Å²) in [5.41, 5.74) is 1.19. The van der Waals surface area contributed by atoms with Gasteiger partial charge in [0.25, 0.3) is 0 Å². The Morgan fingerprint density at radius 2 is 1.77 bits per heavy atom. The molecule has 0 unspecified atom stereocenters. The summed E-state index contributed by atoms with van der Waals surface area (Å²) < 4.78 is 42.7. The Hall–Kier alpha value is -1.27. The van der Waals surface area contributed by atoms with Gasteiger partial charge in [-0.3, -0.25) is 0 Å². The highest BCUT2D eigenvalue weighted by Gasteiger charge is 2.27. The van der Waals surface area contributed by atoms with Gasteiger partial charge in [-0.25, -0.2) is 0 Å². The normalized spacial score (nSPS) is 17.0. The molecule has 2 rings (SSSR count). The Kier molecular flexibility index (Phi) is 8.22. The Morgan fingerprint density at radius 1 is 1.12 bits per heavy atom. The molecule has 0 aliphatic carbocycles. The molecule has 6 heteroatoms. The zero-order valence-corrected chi connectivity index (χ0v) is 15.9. The first-order valence-corrected chi connectivity index (χ1v) is 9.46. The van der Waals surface area contributed by atoms with E-state index < -0.39 is 12.6 Å². The van der Waals surface area contributed by atoms with E-state index >= 15 is 0 Å². The Bertz CT molecular complexity index is 511. The van der Waals surface area contributed by atoms with Crippen LogP contribution in [0.1, 0.15) is 31.2 Å². The Balaban J connectivity index is 1.85. The number of hydrogen-bond donors (Lipinski definition) is 0. The number of nitrogens with zero attached hydrogens (tertiary/aromatic N) is 2. The molecule has 26 heavy (non-hydrogen) atoms. The molecule has 0 aromatic heterocycles. The van der Waals surface area contributed by atoms with Crippen molar-refractivity contribution in [2.24, 2.45) is 5.92 Å². The maximum absolute atomic E-state index is 12.5. The molecule has 0 bridgehead atoms. The Labute approximate surface area is 155 Å². The minimum absolute atomic E-state index is 0.179. The number of alkyl halides is 3. The highest BCUT2D eigenvalue weighted by Crippen LogP contribution is 2.23. The summed E-state index contributed by atoms with van der Waals surface area (Å²) in [6.45, 7) is 4.39. The standard InChI is InChI=1S/C20H31F3N2O/c1-24-13-8-18(9-14-24)16-25(12-3-11-20(21,22)23)15-10-17-4-6-19(26-2)7-5-17/h4-7,18H,3,8-16H2,1-2H3. The lowest BCUT2D eigenvalue weighted by molar-refractivity contribution is -0.136. The number of hydrogen-bond acceptors (Lipinski definition) is 3. The fourth-order valence-electron chi connectivity index (χ4n) is 3.49. The van der Waals surface area contributed by atoms with Crippen LogP contribution < -0.4 is 4.74 Å². The van der Waals surface area contributed by atoms with Crippen molar-refractivity contribution in [2.45, 2.75) is 38.3 Å². The van der Waals surface area contributed by atoms with Crippen molar-refractivity contribution in [3.63, 3.8) is 0 Å². The van der Waals surface area contributed by atoms with Gasteiger partial charge in [0.15, 0.2) is 0 Å². The maximum atomic E-state index is 12.5. The quantitative estimate of drug-likeness (QED) is 0.645. The van der Waals surface area contributed by atoms with E-state index in [0.29, 0.717) is 12.5 Å². The van der Waals surface area contributed by atoms with E-state index in [9.17, 15) is 13.2 Å². The second-order valence-corrected chi connectivity index (χ2v) is 7.36. The van der Waals surface area contributed by atoms with Gasteiger partial charge < -0.3 is 14.5 Å². The lowest BCUT2D eigenvalue weighted by Crippen LogP contribution is -2.38. The highest BCUT2D eigenvalue weighted by molar-refractivity contribution is 5.27. The third-order valence-corrected chi connectivity index (χ3v) is 5.16. The zero-order valence-electron chi connectivity index (χ0n) is 15.9. The van der Waals surface area contributed by atoms with Gasteiger partial charge in [-0.2, -0.15) is 13.2 Å². The van der Waals surface area contributed by atoms with Crippen molar-refractivity contribution in [2.75, 3.05) is 46.9 Å². The van der Waals surface area contributed by atoms with Gasteiger partial charge in [-0.05, 0) is 76.0 Å². The summed E-state index contributed by atoms with van der Waals surface area (Å²) >= 11 is 0. The molecular weight excluding hydrogens is 341 g/mol. The van der Waals surface area contributed by atoms with Crippen molar-refractivity contribution in [1.82, 2.24) is 9.80 Å². The summed E-state index contributed by atoms with van der Waals surface area (Å²) in [6.07, 6.45) is -1.46. The van der Waals surface area contributed by atoms with E-state index in [0.717, 1.165) is 51.2 Å². The van der Waals surface area contributed by atoms with E-state index in [1.165, 1.54) is 5.56 Å². The molecule has 1 saturated heterocycles. The molecule has 3 nitrogen and oxygen atoms in total. The number of benzene rings is 1. The first-order valence-electron chi connectivity index (χ1n) is 9.46. The van der Waals surface area contributed by atoms with Gasteiger partial charge in [0.05, 0.1) is 7.11 Å². The van der Waals surface area contributed by atoms with Crippen molar-refractivity contribution in [1.29, 1.82) is 0 Å². The molecule has 1 aliphatic heterocycles.